The number of ether oxygens (including phenoxy) is 4. The van der Waals surface area contributed by atoms with Crippen molar-refractivity contribution >= 4 is 121 Å². The highest BCUT2D eigenvalue weighted by Crippen LogP contribution is 2.51. The van der Waals surface area contributed by atoms with Crippen LogP contribution < -0.4 is 61.6 Å². The maximum atomic E-state index is 12.7. The summed E-state index contributed by atoms with van der Waals surface area (Å²) in [5.41, 5.74) is 20.1. The Kier molecular flexibility index (Phi) is 33.7. The predicted molar refractivity (Wildman–Crippen MR) is 449 cm³/mol. The molecule has 14 atom stereocenters. The number of aliphatic hydroxyl groups is 4. The van der Waals surface area contributed by atoms with Crippen molar-refractivity contribution in [3.63, 3.8) is 0 Å². The highest BCUT2D eigenvalue weighted by molar-refractivity contribution is 8.93. The summed E-state index contributed by atoms with van der Waals surface area (Å²) in [6, 6.07) is 38.5. The molecule has 4 aliphatic rings. The van der Waals surface area contributed by atoms with Gasteiger partial charge in [-0.3, -0.25) is 23.1 Å². The number of rotatable bonds is 23. The molecule has 113 heavy (non-hydrogen) atoms. The molecule has 7 aromatic rings. The number of carbonyl (C=O) groups is 1. The van der Waals surface area contributed by atoms with E-state index in [4.69, 9.17) is 85.9 Å². The van der Waals surface area contributed by atoms with Gasteiger partial charge in [0, 0.05) is 51.7 Å². The summed E-state index contributed by atoms with van der Waals surface area (Å²) in [6.07, 6.45) is -5.58. The van der Waals surface area contributed by atoms with E-state index in [1.54, 1.807) is 47.4 Å². The number of carbonyl (C=O) groups excluding carboxylic acids is 1. The molecule has 11 rings (SSSR count). The molecule has 4 fully saturated rings. The van der Waals surface area contributed by atoms with Crippen LogP contribution in [0.15, 0.2) is 171 Å². The third-order valence-corrected chi connectivity index (χ3v) is 39.4. The number of Topliss-reactive ketones (excluding diaryl/α,β-unsaturated/α-hetero) is 1. The van der Waals surface area contributed by atoms with E-state index in [1.165, 1.54) is 61.8 Å². The van der Waals surface area contributed by atoms with Crippen LogP contribution in [0.4, 0.5) is 23.3 Å². The molecule has 4 aromatic heterocycles. The van der Waals surface area contributed by atoms with Crippen LogP contribution in [-0.4, -0.2) is 211 Å². The van der Waals surface area contributed by atoms with E-state index < -0.39 is 162 Å². The molecule has 0 aliphatic carbocycles. The molecule has 0 amide bonds. The molecule has 4 aliphatic heterocycles. The fourth-order valence-corrected chi connectivity index (χ4v) is 34.4. The number of hydrogen-bond donors (Lipinski definition) is 8. The Hall–Kier alpha value is -6.68. The zero-order valence-electron chi connectivity index (χ0n) is 67.2. The van der Waals surface area contributed by atoms with Gasteiger partial charge < -0.3 is 101 Å². The van der Waals surface area contributed by atoms with Crippen LogP contribution in [0.2, 0.25) is 78.6 Å². The molecule has 4 saturated heterocycles. The quantitative estimate of drug-likeness (QED) is 0.0244. The number of benzene rings is 3. The van der Waals surface area contributed by atoms with Crippen LogP contribution in [0.1, 0.15) is 45.7 Å². The molecule has 12 N–H and O–H groups in total. The Morgan fingerprint density at radius 2 is 0.752 bits per heavy atom. The predicted octanol–water partition coefficient (Wildman–Crippen LogP) is 4.70. The zero-order valence-corrected chi connectivity index (χ0v) is 75.8. The zero-order chi connectivity index (χ0) is 83.4. The molecule has 0 spiro atoms. The standard InChI is InChI=1S/C19H18P.C15H27N3O5Si2.C14H27N3O6Si2.C14H25N3O6Si2.C9H13N3O5.BrH/c1-20(17-11-5-2-6-12-17,18-13-7-3-8-14-18)19-15-9-4-10-16-19;1-10-13(22-25(6,7)23-24(4,5)20-3)11(2)21-14(10)18-9-8-12(16)17-15(18)19;2*1-9-12(22-25(5,6)23-24(3,4)20-2)11(18)13(21-9)17-8-7-10(15)16-14(17)19;10-5-1-2-12(9(16)11-5)8-7(15)6(14)4(3-13)17-8;/h2-16H,1H3;8-9,11,13-14H,1H2,2-7H3,(H2,16,17,19);7-9,11-13,18H,1-6H3,(H2,15,16,19);7-9,12-13H,1-6H3,(H2,15,16,19);1-2,4,6-8,13-15H,3H2,(H2,10,11,16);1H/q+1;;;;;/t;11-,13+,14?;9-,11-,12-,13?;9-,12-,13?;4-,6-,7-,8?;/m.1111./s1. The van der Waals surface area contributed by atoms with Gasteiger partial charge in [-0.15, -0.1) is 17.0 Å². The number of nitrogen functional groups attached to an aromatic ring is 4. The molecular formula is C71H111BrN12O22PSi6+. The van der Waals surface area contributed by atoms with Gasteiger partial charge in [-0.1, -0.05) is 61.2 Å². The second-order valence-corrected chi connectivity index (χ2v) is 54.2. The third-order valence-electron chi connectivity index (χ3n) is 18.2. The molecule has 8 heterocycles. The Bertz CT molecular complexity index is 4320. The monoisotopic (exact) mass is 1760 g/mol. The van der Waals surface area contributed by atoms with Crippen molar-refractivity contribution in [1.29, 1.82) is 0 Å². The fraction of sp³-hybridized carbons (Fsp3) is 0.479. The highest BCUT2D eigenvalue weighted by Gasteiger charge is 2.52. The lowest BCUT2D eigenvalue weighted by molar-refractivity contribution is -0.130. The molecule has 42 heteroatoms. The van der Waals surface area contributed by atoms with E-state index in [1.807, 2.05) is 85.5 Å². The summed E-state index contributed by atoms with van der Waals surface area (Å²) >= 11 is 0. The van der Waals surface area contributed by atoms with Crippen molar-refractivity contribution < 1.29 is 83.1 Å². The average Bonchev–Trinajstić information content (AvgIpc) is 1.60. The first-order valence-corrected chi connectivity index (χ1v) is 55.1. The van der Waals surface area contributed by atoms with E-state index in [0.717, 1.165) is 9.13 Å². The maximum Gasteiger partial charge on any atom is 0.351 e. The molecule has 622 valence electrons. The van der Waals surface area contributed by atoms with Gasteiger partial charge in [0.1, 0.15) is 83.1 Å². The molecule has 34 nitrogen and oxygen atoms in total. The van der Waals surface area contributed by atoms with Gasteiger partial charge in [-0.25, -0.2) is 19.2 Å². The van der Waals surface area contributed by atoms with Crippen molar-refractivity contribution in [2.45, 2.75) is 185 Å². The molecule has 3 aromatic carbocycles. The fourth-order valence-electron chi connectivity index (χ4n) is 12.6. The minimum absolute atomic E-state index is 0. The van der Waals surface area contributed by atoms with E-state index in [2.05, 4.69) is 124 Å². The van der Waals surface area contributed by atoms with Crippen LogP contribution in [-0.2, 0) is 62.6 Å². The first kappa shape index (κ1) is 95.2. The second-order valence-electron chi connectivity index (χ2n) is 29.5. The number of aromatic nitrogens is 8. The maximum absolute atomic E-state index is 12.7. The lowest BCUT2D eigenvalue weighted by atomic mass is 10.1. The van der Waals surface area contributed by atoms with Crippen molar-refractivity contribution in [3.8, 4) is 0 Å². The number of nitrogens with zero attached hydrogens (tertiary/aromatic N) is 8. The summed E-state index contributed by atoms with van der Waals surface area (Å²) in [7, 11) is -11.2. The topological polar surface area (TPSA) is 462 Å². The van der Waals surface area contributed by atoms with Gasteiger partial charge in [0.15, 0.2) is 24.9 Å². The summed E-state index contributed by atoms with van der Waals surface area (Å²) < 4.78 is 80.1. The van der Waals surface area contributed by atoms with Crippen molar-refractivity contribution in [2.24, 2.45) is 0 Å². The van der Waals surface area contributed by atoms with Gasteiger partial charge in [0.05, 0.1) is 37.7 Å². The molecule has 4 unspecified atom stereocenters. The van der Waals surface area contributed by atoms with E-state index in [-0.39, 0.29) is 58.2 Å². The third kappa shape index (κ3) is 25.2. The Balaban J connectivity index is 0.000000221. The van der Waals surface area contributed by atoms with Crippen LogP contribution in [0.25, 0.3) is 0 Å². The number of ketones is 1. The molecule has 0 saturated carbocycles. The van der Waals surface area contributed by atoms with Crippen LogP contribution in [0.3, 0.4) is 0 Å². The van der Waals surface area contributed by atoms with Crippen LogP contribution in [0, 0.1) is 0 Å². The summed E-state index contributed by atoms with van der Waals surface area (Å²) in [5.74, 6) is 0.0733. The normalized spacial score (nSPS) is 24.0. The molecular weight excluding hydrogens is 1650 g/mol. The lowest BCUT2D eigenvalue weighted by Gasteiger charge is -2.35. The van der Waals surface area contributed by atoms with Gasteiger partial charge in [0.2, 0.25) is 5.78 Å². The minimum atomic E-state index is -2.65. The van der Waals surface area contributed by atoms with Gasteiger partial charge in [0.25, 0.3) is 0 Å². The number of halogens is 1. The Morgan fingerprint density at radius 3 is 1.10 bits per heavy atom. The number of aliphatic hydroxyl groups excluding tert-OH is 4. The smallest absolute Gasteiger partial charge is 0.351 e. The summed E-state index contributed by atoms with van der Waals surface area (Å²) in [5, 5.41) is 43.1. The lowest BCUT2D eigenvalue weighted by Crippen LogP contribution is -2.52. The molecule has 0 radical (unpaired) electrons. The van der Waals surface area contributed by atoms with Gasteiger partial charge in [-0.2, -0.15) is 19.9 Å². The SMILES string of the molecule is Br.C=C1C(n2ccc(N)nc2=O)O[C@H](C)[C@H]1O[Si](C)(C)O[Si](C)(C)OC.CO[Si](C)(C)O[Si](C)(C)O[C@@H]1[C@@H](C)OC(n2ccc(N)nc2=O)[C@@H]1O.CO[Si](C)(C)O[Si](C)(C)O[C@H]1C(=O)C(n2ccc(N)nc2=O)O[C@@H]1C.C[P+](c1ccccc1)(c1ccccc1)c1ccccc1.Nc1ccn(C2O[C@H](CO)[C@@H](O)[C@H]2O)c(=O)n1. The first-order chi connectivity index (χ1) is 52.2. The van der Waals surface area contributed by atoms with Crippen molar-refractivity contribution in [2.75, 3.05) is 57.5 Å². The van der Waals surface area contributed by atoms with E-state index in [0.29, 0.717) is 5.57 Å². The second kappa shape index (κ2) is 40.0. The first-order valence-electron chi connectivity index (χ1n) is 35.9. The van der Waals surface area contributed by atoms with Crippen molar-refractivity contribution in [1.82, 2.24) is 38.2 Å². The highest BCUT2D eigenvalue weighted by atomic mass is 79.9. The van der Waals surface area contributed by atoms with Gasteiger partial charge in [-0.05, 0) is 160 Å². The average molecular weight is 1760 g/mol. The molecule has 0 bridgehead atoms. The van der Waals surface area contributed by atoms with E-state index >= 15 is 0 Å². The summed E-state index contributed by atoms with van der Waals surface area (Å²) in [6.45, 7) is 34.5. The van der Waals surface area contributed by atoms with Gasteiger partial charge >= 0.3 is 74.1 Å². The Morgan fingerprint density at radius 1 is 0.434 bits per heavy atom. The minimum Gasteiger partial charge on any atom is -0.415 e. The summed E-state index contributed by atoms with van der Waals surface area (Å²) in [4.78, 5) is 74.8. The Labute approximate surface area is 674 Å². The van der Waals surface area contributed by atoms with E-state index in [9.17, 15) is 39.3 Å². The number of anilines is 4. The number of hydrogen-bond acceptors (Lipinski definition) is 30. The largest absolute Gasteiger partial charge is 0.415 e. The van der Waals surface area contributed by atoms with Crippen LogP contribution in [0.5, 0.6) is 0 Å². The van der Waals surface area contributed by atoms with Crippen molar-refractivity contribution in [3.05, 3.63) is 194 Å². The van der Waals surface area contributed by atoms with Crippen LogP contribution >= 0.6 is 24.2 Å². The number of nitrogens with two attached hydrogens (primary N) is 4.